The highest BCUT2D eigenvalue weighted by molar-refractivity contribution is 7.90. The van der Waals surface area contributed by atoms with Crippen LogP contribution in [0.4, 0.5) is 0 Å². The lowest BCUT2D eigenvalue weighted by Gasteiger charge is -2.04. The van der Waals surface area contributed by atoms with E-state index in [1.807, 2.05) is 24.3 Å². The second-order valence-corrected chi connectivity index (χ2v) is 5.80. The van der Waals surface area contributed by atoms with Crippen molar-refractivity contribution in [1.82, 2.24) is 4.90 Å². The molecule has 0 bridgehead atoms. The van der Waals surface area contributed by atoms with Crippen molar-refractivity contribution in [1.29, 1.82) is 0 Å². The van der Waals surface area contributed by atoms with Crippen LogP contribution in [0.3, 0.4) is 0 Å². The van der Waals surface area contributed by atoms with E-state index in [0.29, 0.717) is 0 Å². The molecule has 5 heteroatoms. The van der Waals surface area contributed by atoms with Crippen LogP contribution in [0.5, 0.6) is 0 Å². The maximum atomic E-state index is 12.0. The van der Waals surface area contributed by atoms with E-state index in [9.17, 15) is 8.42 Å². The summed E-state index contributed by atoms with van der Waals surface area (Å²) < 4.78 is 27.5. The number of sulfonamides is 1. The molecule has 94 valence electrons. The average Bonchev–Trinajstić information content (AvgIpc) is 2.36. The van der Waals surface area contributed by atoms with E-state index >= 15 is 0 Å². The summed E-state index contributed by atoms with van der Waals surface area (Å²) in [6.45, 7) is 0. The van der Waals surface area contributed by atoms with Gasteiger partial charge in [0.25, 0.3) is 10.0 Å². The first-order valence-corrected chi connectivity index (χ1v) is 6.89. The zero-order valence-electron chi connectivity index (χ0n) is 10.2. The predicted octanol–water partition coefficient (Wildman–Crippen LogP) is 2.12. The molecule has 2 aromatic carbocycles. The topological polar surface area (TPSA) is 49.7 Å². The van der Waals surface area contributed by atoms with Crippen LogP contribution in [0, 0.1) is 0 Å². The van der Waals surface area contributed by atoms with Crippen molar-refractivity contribution in [3.8, 4) is 0 Å². The number of benzene rings is 2. The lowest BCUT2D eigenvalue weighted by molar-refractivity contribution is 0.595. The molecule has 0 aliphatic heterocycles. The molecule has 0 heterocycles. The summed E-state index contributed by atoms with van der Waals surface area (Å²) in [7, 11) is -0.176. The molecule has 18 heavy (non-hydrogen) atoms. The van der Waals surface area contributed by atoms with Crippen LogP contribution in [0.25, 0.3) is 10.8 Å². The monoisotopic (exact) mass is 262 g/mol. The Morgan fingerprint density at radius 2 is 1.72 bits per heavy atom. The molecular weight excluding hydrogens is 248 g/mol. The van der Waals surface area contributed by atoms with Crippen molar-refractivity contribution in [3.63, 3.8) is 0 Å². The molecule has 0 aromatic heterocycles. The van der Waals surface area contributed by atoms with Crippen LogP contribution in [0.15, 0.2) is 51.8 Å². The Morgan fingerprint density at radius 3 is 2.39 bits per heavy atom. The van der Waals surface area contributed by atoms with Gasteiger partial charge in [-0.2, -0.15) is 8.42 Å². The van der Waals surface area contributed by atoms with Gasteiger partial charge in [0.05, 0.1) is 4.90 Å². The molecule has 0 aliphatic carbocycles. The lowest BCUT2D eigenvalue weighted by Crippen LogP contribution is -2.10. The fraction of sp³-hybridized carbons (Fsp3) is 0.154. The van der Waals surface area contributed by atoms with Crippen LogP contribution in [-0.2, 0) is 10.0 Å². The Balaban J connectivity index is 2.48. The van der Waals surface area contributed by atoms with Crippen LogP contribution in [0.2, 0.25) is 0 Å². The van der Waals surface area contributed by atoms with Crippen molar-refractivity contribution in [2.45, 2.75) is 4.90 Å². The van der Waals surface area contributed by atoms with Gasteiger partial charge in [0.15, 0.2) is 0 Å². The number of nitrogens with zero attached hydrogens (tertiary/aromatic N) is 2. The molecule has 0 fully saturated rings. The van der Waals surface area contributed by atoms with Gasteiger partial charge in [-0.3, -0.25) is 0 Å². The van der Waals surface area contributed by atoms with Gasteiger partial charge >= 0.3 is 0 Å². The van der Waals surface area contributed by atoms with Crippen molar-refractivity contribution >= 4 is 27.1 Å². The van der Waals surface area contributed by atoms with Gasteiger partial charge in [0, 0.05) is 14.1 Å². The minimum Gasteiger partial charge on any atom is -0.368 e. The quantitative estimate of drug-likeness (QED) is 0.629. The second-order valence-electron chi connectivity index (χ2n) is 4.17. The summed E-state index contributed by atoms with van der Waals surface area (Å²) in [6.07, 6.45) is 1.28. The van der Waals surface area contributed by atoms with E-state index in [4.69, 9.17) is 0 Å². The smallest absolute Gasteiger partial charge is 0.283 e. The van der Waals surface area contributed by atoms with E-state index in [-0.39, 0.29) is 4.90 Å². The van der Waals surface area contributed by atoms with Crippen molar-refractivity contribution in [2.24, 2.45) is 4.40 Å². The van der Waals surface area contributed by atoms with Gasteiger partial charge in [-0.15, -0.1) is 4.40 Å². The largest absolute Gasteiger partial charge is 0.368 e. The van der Waals surface area contributed by atoms with Gasteiger partial charge in [0.1, 0.15) is 6.34 Å². The van der Waals surface area contributed by atoms with E-state index in [1.54, 1.807) is 37.2 Å². The molecule has 0 aliphatic rings. The first-order chi connectivity index (χ1) is 8.49. The highest BCUT2D eigenvalue weighted by Gasteiger charge is 2.12. The van der Waals surface area contributed by atoms with Gasteiger partial charge in [-0.1, -0.05) is 30.3 Å². The summed E-state index contributed by atoms with van der Waals surface area (Å²) in [5, 5.41) is 1.90. The summed E-state index contributed by atoms with van der Waals surface area (Å²) in [5.74, 6) is 0. The van der Waals surface area contributed by atoms with E-state index < -0.39 is 10.0 Å². The number of rotatable bonds is 3. The number of hydrogen-bond donors (Lipinski definition) is 0. The first-order valence-electron chi connectivity index (χ1n) is 5.45. The van der Waals surface area contributed by atoms with Crippen LogP contribution < -0.4 is 0 Å². The predicted molar refractivity (Wildman–Crippen MR) is 73.3 cm³/mol. The van der Waals surface area contributed by atoms with Crippen molar-refractivity contribution in [3.05, 3.63) is 42.5 Å². The minimum atomic E-state index is -3.62. The fourth-order valence-corrected chi connectivity index (χ4v) is 2.50. The normalized spacial score (nSPS) is 12.1. The Hall–Kier alpha value is -1.88. The van der Waals surface area contributed by atoms with E-state index in [0.717, 1.165) is 10.8 Å². The minimum absolute atomic E-state index is 0.208. The Kier molecular flexibility index (Phi) is 3.34. The highest BCUT2D eigenvalue weighted by atomic mass is 32.2. The third-order valence-electron chi connectivity index (χ3n) is 2.44. The zero-order chi connectivity index (χ0) is 13.2. The summed E-state index contributed by atoms with van der Waals surface area (Å²) >= 11 is 0. The molecule has 0 spiro atoms. The molecule has 0 N–H and O–H groups in total. The van der Waals surface area contributed by atoms with E-state index in [2.05, 4.69) is 4.40 Å². The number of hydrogen-bond acceptors (Lipinski definition) is 2. The molecule has 0 amide bonds. The molecule has 0 saturated heterocycles. The molecule has 0 radical (unpaired) electrons. The second kappa shape index (κ2) is 4.78. The zero-order valence-corrected chi connectivity index (χ0v) is 11.1. The van der Waals surface area contributed by atoms with Crippen molar-refractivity contribution < 1.29 is 8.42 Å². The molecule has 4 nitrogen and oxygen atoms in total. The summed E-state index contributed by atoms with van der Waals surface area (Å²) in [6, 6.07) is 12.6. The summed E-state index contributed by atoms with van der Waals surface area (Å²) in [5.41, 5.74) is 0. The first kappa shape index (κ1) is 12.6. The molecular formula is C13H14N2O2S. The lowest BCUT2D eigenvalue weighted by atomic mass is 10.1. The van der Waals surface area contributed by atoms with E-state index in [1.165, 1.54) is 6.34 Å². The maximum Gasteiger partial charge on any atom is 0.283 e. The Bertz CT molecular complexity index is 691. The van der Waals surface area contributed by atoms with Crippen LogP contribution in [0.1, 0.15) is 0 Å². The third kappa shape index (κ3) is 2.68. The van der Waals surface area contributed by atoms with Crippen LogP contribution in [-0.4, -0.2) is 33.8 Å². The standard InChI is InChI=1S/C13H14N2O2S/c1-15(2)10-14-18(16,17)13-8-7-11-5-3-4-6-12(11)9-13/h3-10H,1-2H3. The fourth-order valence-electron chi connectivity index (χ4n) is 1.55. The molecule has 0 unspecified atom stereocenters. The van der Waals surface area contributed by atoms with Crippen LogP contribution >= 0.6 is 0 Å². The molecule has 2 rings (SSSR count). The SMILES string of the molecule is CN(C)C=NS(=O)(=O)c1ccc2ccccc2c1. The van der Waals surface area contributed by atoms with Gasteiger partial charge in [-0.25, -0.2) is 0 Å². The highest BCUT2D eigenvalue weighted by Crippen LogP contribution is 2.20. The van der Waals surface area contributed by atoms with Gasteiger partial charge in [0.2, 0.25) is 0 Å². The van der Waals surface area contributed by atoms with Gasteiger partial charge < -0.3 is 4.90 Å². The molecule has 0 saturated carbocycles. The maximum absolute atomic E-state index is 12.0. The van der Waals surface area contributed by atoms with Crippen molar-refractivity contribution in [2.75, 3.05) is 14.1 Å². The third-order valence-corrected chi connectivity index (χ3v) is 3.66. The number of fused-ring (bicyclic) bond motifs is 1. The average molecular weight is 262 g/mol. The summed E-state index contributed by atoms with van der Waals surface area (Å²) in [4.78, 5) is 1.79. The Morgan fingerprint density at radius 1 is 1.06 bits per heavy atom. The molecule has 0 atom stereocenters. The molecule has 2 aromatic rings. The Labute approximate surface area is 107 Å². The van der Waals surface area contributed by atoms with Gasteiger partial charge in [-0.05, 0) is 22.9 Å².